The van der Waals surface area contributed by atoms with Gasteiger partial charge in [-0.05, 0) is 25.5 Å². The predicted octanol–water partition coefficient (Wildman–Crippen LogP) is 3.08. The maximum absolute atomic E-state index is 12.1. The normalized spacial score (nSPS) is 12.2. The summed E-state index contributed by atoms with van der Waals surface area (Å²) in [4.78, 5) is 12.1. The van der Waals surface area contributed by atoms with Gasteiger partial charge in [-0.15, -0.1) is 0 Å². The zero-order valence-corrected chi connectivity index (χ0v) is 10.7. The van der Waals surface area contributed by atoms with E-state index in [0.29, 0.717) is 12.2 Å². The van der Waals surface area contributed by atoms with Gasteiger partial charge < -0.3 is 9.47 Å². The number of hydrogen-bond donors (Lipinski definition) is 0. The molecule has 0 radical (unpaired) electrons. The number of ether oxygens (including phenoxy) is 2. The largest absolute Gasteiger partial charge is 0.494 e. The molecular weight excluding hydrogens is 216 g/mol. The molecule has 0 aliphatic carbocycles. The fourth-order valence-electron chi connectivity index (χ4n) is 1.71. The van der Waals surface area contributed by atoms with E-state index in [1.807, 2.05) is 26.0 Å². The number of carbonyl (C=O) groups is 1. The number of Topliss-reactive ketones (excluding diaryl/α,β-unsaturated/α-hetero) is 1. The zero-order valence-electron chi connectivity index (χ0n) is 10.7. The van der Waals surface area contributed by atoms with Crippen LogP contribution in [0.15, 0.2) is 24.3 Å². The summed E-state index contributed by atoms with van der Waals surface area (Å²) in [6.07, 6.45) is 1.32. The predicted molar refractivity (Wildman–Crippen MR) is 67.6 cm³/mol. The van der Waals surface area contributed by atoms with E-state index in [0.717, 1.165) is 18.6 Å². The van der Waals surface area contributed by atoms with Gasteiger partial charge in [0.2, 0.25) is 0 Å². The average Bonchev–Trinajstić information content (AvgIpc) is 2.36. The van der Waals surface area contributed by atoms with E-state index in [1.165, 1.54) is 0 Å². The molecule has 1 unspecified atom stereocenters. The first-order valence-electron chi connectivity index (χ1n) is 6.02. The molecule has 0 spiro atoms. The highest BCUT2D eigenvalue weighted by atomic mass is 16.5. The molecule has 1 rings (SSSR count). The van der Waals surface area contributed by atoms with E-state index in [-0.39, 0.29) is 11.9 Å². The Morgan fingerprint density at radius 2 is 2.12 bits per heavy atom. The lowest BCUT2D eigenvalue weighted by Crippen LogP contribution is -2.22. The molecule has 0 bridgehead atoms. The number of carbonyl (C=O) groups excluding carboxylic acids is 1. The number of ketones is 1. The molecular formula is C14H20O3. The van der Waals surface area contributed by atoms with Crippen LogP contribution in [0.5, 0.6) is 5.75 Å². The maximum Gasteiger partial charge on any atom is 0.191 e. The smallest absolute Gasteiger partial charge is 0.191 e. The van der Waals surface area contributed by atoms with E-state index in [4.69, 9.17) is 9.47 Å². The molecule has 0 aliphatic rings. The third-order valence-electron chi connectivity index (χ3n) is 2.56. The second-order valence-electron chi connectivity index (χ2n) is 3.84. The zero-order chi connectivity index (χ0) is 12.7. The van der Waals surface area contributed by atoms with Crippen molar-refractivity contribution in [3.8, 4) is 5.75 Å². The van der Waals surface area contributed by atoms with Crippen LogP contribution in [-0.2, 0) is 4.74 Å². The lowest BCUT2D eigenvalue weighted by atomic mass is 10.0. The van der Waals surface area contributed by atoms with Crippen LogP contribution in [0.4, 0.5) is 0 Å². The molecule has 0 saturated heterocycles. The van der Waals surface area contributed by atoms with Crippen molar-refractivity contribution in [1.82, 2.24) is 0 Å². The summed E-state index contributed by atoms with van der Waals surface area (Å²) in [6.45, 7) is 4.56. The summed E-state index contributed by atoms with van der Waals surface area (Å²) >= 11 is 0. The van der Waals surface area contributed by atoms with Gasteiger partial charge in [-0.1, -0.05) is 25.5 Å². The molecule has 0 heterocycles. The molecule has 1 aromatic rings. The molecule has 0 saturated carbocycles. The van der Waals surface area contributed by atoms with Crippen molar-refractivity contribution in [3.05, 3.63) is 29.8 Å². The number of hydrogen-bond acceptors (Lipinski definition) is 3. The van der Waals surface area contributed by atoms with Crippen molar-refractivity contribution >= 4 is 5.78 Å². The second-order valence-corrected chi connectivity index (χ2v) is 3.84. The Hall–Kier alpha value is -1.35. The van der Waals surface area contributed by atoms with E-state index in [2.05, 4.69) is 0 Å². The second kappa shape index (κ2) is 7.07. The lowest BCUT2D eigenvalue weighted by Gasteiger charge is -2.13. The summed E-state index contributed by atoms with van der Waals surface area (Å²) < 4.78 is 10.6. The molecule has 3 nitrogen and oxygen atoms in total. The van der Waals surface area contributed by atoms with Crippen molar-refractivity contribution in [3.63, 3.8) is 0 Å². The minimum atomic E-state index is -0.350. The summed E-state index contributed by atoms with van der Waals surface area (Å²) in [5, 5.41) is 0. The monoisotopic (exact) mass is 236 g/mol. The van der Waals surface area contributed by atoms with Gasteiger partial charge in [0, 0.05) is 12.7 Å². The van der Waals surface area contributed by atoms with E-state index >= 15 is 0 Å². The van der Waals surface area contributed by atoms with Crippen LogP contribution in [0.3, 0.4) is 0 Å². The van der Waals surface area contributed by atoms with Crippen molar-refractivity contribution < 1.29 is 14.3 Å². The fraction of sp³-hybridized carbons (Fsp3) is 0.500. The van der Waals surface area contributed by atoms with Crippen LogP contribution in [-0.4, -0.2) is 25.6 Å². The minimum absolute atomic E-state index is 0.0240. The highest BCUT2D eigenvalue weighted by molar-refractivity contribution is 5.99. The Morgan fingerprint density at radius 1 is 1.35 bits per heavy atom. The molecule has 3 heteroatoms. The van der Waals surface area contributed by atoms with Gasteiger partial charge in [0.1, 0.15) is 11.9 Å². The van der Waals surface area contributed by atoms with E-state index in [1.54, 1.807) is 19.2 Å². The number of benzene rings is 1. The Kier molecular flexibility index (Phi) is 5.70. The van der Waals surface area contributed by atoms with E-state index in [9.17, 15) is 4.79 Å². The van der Waals surface area contributed by atoms with Gasteiger partial charge in [-0.2, -0.15) is 0 Å². The Balaban J connectivity index is 2.83. The number of methoxy groups -OCH3 is 1. The standard InChI is InChI=1S/C14H20O3/c1-4-7-13(16-3)14(15)11-8-6-9-12(10-11)17-5-2/h6,8-10,13H,4-5,7H2,1-3H3. The first-order valence-corrected chi connectivity index (χ1v) is 6.02. The summed E-state index contributed by atoms with van der Waals surface area (Å²) in [7, 11) is 1.57. The Morgan fingerprint density at radius 3 is 2.71 bits per heavy atom. The summed E-state index contributed by atoms with van der Waals surface area (Å²) in [6, 6.07) is 7.25. The van der Waals surface area contributed by atoms with Crippen molar-refractivity contribution in [2.75, 3.05) is 13.7 Å². The first-order chi connectivity index (χ1) is 8.22. The van der Waals surface area contributed by atoms with Crippen LogP contribution in [0.25, 0.3) is 0 Å². The van der Waals surface area contributed by atoms with Crippen LogP contribution in [0.2, 0.25) is 0 Å². The highest BCUT2D eigenvalue weighted by Gasteiger charge is 2.18. The van der Waals surface area contributed by atoms with Crippen LogP contribution in [0.1, 0.15) is 37.0 Å². The highest BCUT2D eigenvalue weighted by Crippen LogP contribution is 2.17. The van der Waals surface area contributed by atoms with Gasteiger partial charge in [-0.3, -0.25) is 4.79 Å². The average molecular weight is 236 g/mol. The molecule has 0 N–H and O–H groups in total. The molecule has 1 atom stereocenters. The molecule has 17 heavy (non-hydrogen) atoms. The van der Waals surface area contributed by atoms with Gasteiger partial charge in [0.25, 0.3) is 0 Å². The first kappa shape index (κ1) is 13.7. The summed E-state index contributed by atoms with van der Waals surface area (Å²) in [5.74, 6) is 0.751. The van der Waals surface area contributed by atoms with Gasteiger partial charge in [0.05, 0.1) is 6.61 Å². The van der Waals surface area contributed by atoms with Crippen LogP contribution >= 0.6 is 0 Å². The Labute approximate surface area is 103 Å². The molecule has 0 amide bonds. The Bertz CT molecular complexity index is 360. The molecule has 0 aromatic heterocycles. The maximum atomic E-state index is 12.1. The summed E-state index contributed by atoms with van der Waals surface area (Å²) in [5.41, 5.74) is 0.649. The SMILES string of the molecule is CCCC(OC)C(=O)c1cccc(OCC)c1. The molecule has 94 valence electrons. The van der Waals surface area contributed by atoms with Crippen molar-refractivity contribution in [1.29, 1.82) is 0 Å². The van der Waals surface area contributed by atoms with E-state index < -0.39 is 0 Å². The van der Waals surface area contributed by atoms with Crippen LogP contribution in [0, 0.1) is 0 Å². The van der Waals surface area contributed by atoms with Gasteiger partial charge >= 0.3 is 0 Å². The quantitative estimate of drug-likeness (QED) is 0.682. The lowest BCUT2D eigenvalue weighted by molar-refractivity contribution is 0.0578. The third-order valence-corrected chi connectivity index (χ3v) is 2.56. The van der Waals surface area contributed by atoms with Crippen LogP contribution < -0.4 is 4.74 Å². The number of rotatable bonds is 7. The van der Waals surface area contributed by atoms with Gasteiger partial charge in [0.15, 0.2) is 5.78 Å². The molecule has 0 aliphatic heterocycles. The third kappa shape index (κ3) is 3.86. The molecule has 1 aromatic carbocycles. The van der Waals surface area contributed by atoms with Crippen molar-refractivity contribution in [2.24, 2.45) is 0 Å². The van der Waals surface area contributed by atoms with Crippen molar-refractivity contribution in [2.45, 2.75) is 32.8 Å². The topological polar surface area (TPSA) is 35.5 Å². The fourth-order valence-corrected chi connectivity index (χ4v) is 1.71. The van der Waals surface area contributed by atoms with Gasteiger partial charge in [-0.25, -0.2) is 0 Å². The molecule has 0 fully saturated rings. The minimum Gasteiger partial charge on any atom is -0.494 e.